The lowest BCUT2D eigenvalue weighted by atomic mass is 10.2. The molecule has 0 saturated heterocycles. The zero-order valence-electron chi connectivity index (χ0n) is 11.5. The molecule has 0 saturated carbocycles. The summed E-state index contributed by atoms with van der Waals surface area (Å²) >= 11 is 1.39. The molecule has 0 fully saturated rings. The molecule has 104 valence electrons. The van der Waals surface area contributed by atoms with Crippen molar-refractivity contribution in [3.05, 3.63) is 27.9 Å². The molecular formula is C13H15N5OS. The molecule has 0 atom stereocenters. The van der Waals surface area contributed by atoms with E-state index in [4.69, 9.17) is 5.73 Å². The van der Waals surface area contributed by atoms with Crippen molar-refractivity contribution in [3.63, 3.8) is 0 Å². The second-order valence-electron chi connectivity index (χ2n) is 4.32. The Morgan fingerprint density at radius 3 is 2.90 bits per heavy atom. The number of nitrogens with zero attached hydrogens (tertiary/aromatic N) is 3. The van der Waals surface area contributed by atoms with Gasteiger partial charge in [-0.1, -0.05) is 0 Å². The molecule has 2 rings (SSSR count). The minimum atomic E-state index is -0.348. The minimum absolute atomic E-state index is 0.320. The summed E-state index contributed by atoms with van der Waals surface area (Å²) in [7, 11) is 0. The number of thiophene rings is 1. The van der Waals surface area contributed by atoms with Crippen molar-refractivity contribution in [3.8, 4) is 6.07 Å². The molecule has 0 aromatic carbocycles. The molecule has 0 aliphatic carbocycles. The Morgan fingerprint density at radius 2 is 2.30 bits per heavy atom. The summed E-state index contributed by atoms with van der Waals surface area (Å²) in [6, 6.07) is 2.12. The van der Waals surface area contributed by atoms with E-state index in [1.807, 2.05) is 20.8 Å². The fourth-order valence-electron chi connectivity index (χ4n) is 1.90. The summed E-state index contributed by atoms with van der Waals surface area (Å²) in [5.74, 6) is -0.348. The van der Waals surface area contributed by atoms with Crippen molar-refractivity contribution in [2.75, 3.05) is 11.1 Å². The molecule has 0 aliphatic heterocycles. The quantitative estimate of drug-likeness (QED) is 0.905. The number of hydrogen-bond donors (Lipinski definition) is 2. The van der Waals surface area contributed by atoms with E-state index in [0.29, 0.717) is 28.5 Å². The Bertz CT molecular complexity index is 707. The van der Waals surface area contributed by atoms with Crippen LogP contribution in [0.4, 0.5) is 10.7 Å². The lowest BCUT2D eigenvalue weighted by Crippen LogP contribution is -2.18. The van der Waals surface area contributed by atoms with Gasteiger partial charge in [-0.05, 0) is 26.3 Å². The smallest absolute Gasteiger partial charge is 0.276 e. The Hall–Kier alpha value is -2.33. The van der Waals surface area contributed by atoms with E-state index in [-0.39, 0.29) is 5.91 Å². The van der Waals surface area contributed by atoms with E-state index in [1.165, 1.54) is 22.2 Å². The molecule has 0 spiro atoms. The van der Waals surface area contributed by atoms with Gasteiger partial charge in [0.2, 0.25) is 0 Å². The fraction of sp³-hybridized carbons (Fsp3) is 0.308. The van der Waals surface area contributed by atoms with Crippen LogP contribution in [0.15, 0.2) is 6.20 Å². The maximum Gasteiger partial charge on any atom is 0.276 e. The predicted octanol–water partition coefficient (Wildman–Crippen LogP) is 2.29. The highest BCUT2D eigenvalue weighted by Crippen LogP contribution is 2.32. The SMILES string of the molecule is CCn1ncc(N)c1C(=O)Nc1sc(C)c(C)c1C#N. The molecule has 20 heavy (non-hydrogen) atoms. The Labute approximate surface area is 120 Å². The number of nitrogens with one attached hydrogen (secondary N) is 1. The lowest BCUT2D eigenvalue weighted by Gasteiger charge is -2.06. The number of carbonyl (C=O) groups is 1. The second kappa shape index (κ2) is 5.35. The van der Waals surface area contributed by atoms with Crippen LogP contribution in [0.3, 0.4) is 0 Å². The first-order valence-corrected chi connectivity index (χ1v) is 6.93. The topological polar surface area (TPSA) is 96.7 Å². The normalized spacial score (nSPS) is 10.3. The highest BCUT2D eigenvalue weighted by atomic mass is 32.1. The van der Waals surface area contributed by atoms with E-state index in [1.54, 1.807) is 0 Å². The number of nitrogen functional groups attached to an aromatic ring is 1. The van der Waals surface area contributed by atoms with Gasteiger partial charge in [0, 0.05) is 11.4 Å². The number of nitrogens with two attached hydrogens (primary N) is 1. The summed E-state index contributed by atoms with van der Waals surface area (Å²) in [6.45, 7) is 6.21. The van der Waals surface area contributed by atoms with Crippen molar-refractivity contribution in [1.29, 1.82) is 5.26 Å². The maximum absolute atomic E-state index is 12.3. The molecule has 3 N–H and O–H groups in total. The van der Waals surface area contributed by atoms with Gasteiger partial charge in [0.1, 0.15) is 16.8 Å². The van der Waals surface area contributed by atoms with Gasteiger partial charge < -0.3 is 11.1 Å². The predicted molar refractivity (Wildman–Crippen MR) is 78.8 cm³/mol. The Kier molecular flexibility index (Phi) is 3.77. The fourth-order valence-corrected chi connectivity index (χ4v) is 2.91. The van der Waals surface area contributed by atoms with E-state index in [2.05, 4.69) is 16.5 Å². The van der Waals surface area contributed by atoms with Crippen LogP contribution in [-0.4, -0.2) is 15.7 Å². The van der Waals surface area contributed by atoms with Gasteiger partial charge in [-0.2, -0.15) is 10.4 Å². The maximum atomic E-state index is 12.3. The number of rotatable bonds is 3. The third kappa shape index (κ3) is 2.26. The summed E-state index contributed by atoms with van der Waals surface area (Å²) in [5.41, 5.74) is 7.81. The van der Waals surface area contributed by atoms with Crippen molar-refractivity contribution in [2.24, 2.45) is 0 Å². The highest BCUT2D eigenvalue weighted by Gasteiger charge is 2.20. The van der Waals surface area contributed by atoms with Gasteiger partial charge in [-0.15, -0.1) is 11.3 Å². The molecule has 0 aliphatic rings. The van der Waals surface area contributed by atoms with Crippen LogP contribution in [-0.2, 0) is 6.54 Å². The van der Waals surface area contributed by atoms with Crippen molar-refractivity contribution < 1.29 is 4.79 Å². The van der Waals surface area contributed by atoms with E-state index in [9.17, 15) is 10.1 Å². The van der Waals surface area contributed by atoms with Crippen LogP contribution in [0.2, 0.25) is 0 Å². The average molecular weight is 289 g/mol. The second-order valence-corrected chi connectivity index (χ2v) is 5.54. The van der Waals surface area contributed by atoms with E-state index < -0.39 is 0 Å². The molecule has 1 amide bonds. The monoisotopic (exact) mass is 289 g/mol. The first kappa shape index (κ1) is 14.1. The molecule has 2 heterocycles. The highest BCUT2D eigenvalue weighted by molar-refractivity contribution is 7.16. The summed E-state index contributed by atoms with van der Waals surface area (Å²) in [6.07, 6.45) is 1.45. The van der Waals surface area contributed by atoms with Crippen LogP contribution in [0.1, 0.15) is 33.4 Å². The summed E-state index contributed by atoms with van der Waals surface area (Å²) in [4.78, 5) is 13.3. The zero-order valence-corrected chi connectivity index (χ0v) is 12.3. The molecule has 0 radical (unpaired) electrons. The number of nitriles is 1. The first-order valence-electron chi connectivity index (χ1n) is 6.12. The lowest BCUT2D eigenvalue weighted by molar-refractivity contribution is 0.101. The molecule has 0 unspecified atom stereocenters. The zero-order chi connectivity index (χ0) is 14.9. The van der Waals surface area contributed by atoms with Gasteiger partial charge in [0.15, 0.2) is 0 Å². The minimum Gasteiger partial charge on any atom is -0.396 e. The van der Waals surface area contributed by atoms with Gasteiger partial charge in [-0.25, -0.2) is 0 Å². The number of carbonyl (C=O) groups excluding carboxylic acids is 1. The van der Waals surface area contributed by atoms with Crippen LogP contribution in [0, 0.1) is 25.2 Å². The van der Waals surface area contributed by atoms with Gasteiger partial charge >= 0.3 is 0 Å². The van der Waals surface area contributed by atoms with Crippen LogP contribution in [0.5, 0.6) is 0 Å². The third-order valence-corrected chi connectivity index (χ3v) is 4.23. The summed E-state index contributed by atoms with van der Waals surface area (Å²) in [5, 5.41) is 16.5. The Balaban J connectivity index is 2.36. The number of hydrogen-bond acceptors (Lipinski definition) is 5. The molecule has 6 nitrogen and oxygen atoms in total. The van der Waals surface area contributed by atoms with Gasteiger partial charge in [0.25, 0.3) is 5.91 Å². The largest absolute Gasteiger partial charge is 0.396 e. The standard InChI is InChI=1S/C13H15N5OS/c1-4-18-11(10(15)6-16-18)12(19)17-13-9(5-14)7(2)8(3)20-13/h6H,4,15H2,1-3H3,(H,17,19). The molecule has 0 bridgehead atoms. The number of amides is 1. The van der Waals surface area contributed by atoms with Crippen LogP contribution < -0.4 is 11.1 Å². The molecular weight excluding hydrogens is 274 g/mol. The number of aryl methyl sites for hydroxylation is 2. The first-order chi connectivity index (χ1) is 9.49. The van der Waals surface area contributed by atoms with Crippen molar-refractivity contribution in [1.82, 2.24) is 9.78 Å². The molecule has 7 heteroatoms. The Morgan fingerprint density at radius 1 is 1.60 bits per heavy atom. The number of aromatic nitrogens is 2. The average Bonchev–Trinajstić information content (AvgIpc) is 2.91. The van der Waals surface area contributed by atoms with E-state index >= 15 is 0 Å². The van der Waals surface area contributed by atoms with Crippen molar-refractivity contribution >= 4 is 27.9 Å². The summed E-state index contributed by atoms with van der Waals surface area (Å²) < 4.78 is 1.53. The third-order valence-electron chi connectivity index (χ3n) is 3.11. The van der Waals surface area contributed by atoms with Crippen molar-refractivity contribution in [2.45, 2.75) is 27.3 Å². The molecule has 2 aromatic heterocycles. The van der Waals surface area contributed by atoms with Crippen LogP contribution in [0.25, 0.3) is 0 Å². The van der Waals surface area contributed by atoms with Gasteiger partial charge in [0.05, 0.1) is 17.4 Å². The van der Waals surface area contributed by atoms with Crippen LogP contribution >= 0.6 is 11.3 Å². The van der Waals surface area contributed by atoms with E-state index in [0.717, 1.165) is 10.4 Å². The molecule has 2 aromatic rings. The number of anilines is 2. The van der Waals surface area contributed by atoms with Gasteiger partial charge in [-0.3, -0.25) is 9.48 Å².